The van der Waals surface area contributed by atoms with E-state index < -0.39 is 8.32 Å². The van der Waals surface area contributed by atoms with Gasteiger partial charge in [0.1, 0.15) is 5.76 Å². The van der Waals surface area contributed by atoms with Gasteiger partial charge in [0.2, 0.25) is 0 Å². The van der Waals surface area contributed by atoms with Gasteiger partial charge in [0, 0.05) is 0 Å². The molecule has 0 saturated carbocycles. The van der Waals surface area contributed by atoms with Crippen LogP contribution in [0, 0.1) is 0 Å². The number of hydrogen-bond donors (Lipinski definition) is 0. The number of rotatable bonds is 5. The second kappa shape index (κ2) is 10.5. The molecule has 0 spiro atoms. The Morgan fingerprint density at radius 2 is 1.25 bits per heavy atom. The fourth-order valence-electron chi connectivity index (χ4n) is 4.53. The van der Waals surface area contributed by atoms with Crippen LogP contribution in [0.25, 0.3) is 0 Å². The predicted molar refractivity (Wildman–Crippen MR) is 111 cm³/mol. The van der Waals surface area contributed by atoms with Crippen LogP contribution in [-0.2, 0) is 4.43 Å². The van der Waals surface area contributed by atoms with Gasteiger partial charge in [-0.25, -0.2) is 0 Å². The van der Waals surface area contributed by atoms with Gasteiger partial charge in [-0.3, -0.25) is 0 Å². The Labute approximate surface area is 153 Å². The number of allylic oxidation sites excluding steroid dienone is 2. The molecular formula is C22H42OSi. The molecule has 1 aliphatic carbocycles. The van der Waals surface area contributed by atoms with Gasteiger partial charge < -0.3 is 4.43 Å². The molecule has 0 saturated heterocycles. The molecule has 0 amide bonds. The van der Waals surface area contributed by atoms with Crippen LogP contribution in [0.15, 0.2) is 24.0 Å². The van der Waals surface area contributed by atoms with Gasteiger partial charge in [-0.1, -0.05) is 80.2 Å². The van der Waals surface area contributed by atoms with E-state index in [1.54, 1.807) is 0 Å². The van der Waals surface area contributed by atoms with Crippen molar-refractivity contribution in [2.45, 2.75) is 116 Å². The van der Waals surface area contributed by atoms with Crippen LogP contribution in [0.3, 0.4) is 0 Å². The first-order chi connectivity index (χ1) is 11.3. The average Bonchev–Trinajstić information content (AvgIpc) is 2.49. The molecule has 140 valence electrons. The molecule has 0 aromatic heterocycles. The van der Waals surface area contributed by atoms with Crippen molar-refractivity contribution in [2.75, 3.05) is 0 Å². The van der Waals surface area contributed by atoms with Crippen LogP contribution in [0.1, 0.15) is 99.3 Å². The molecule has 1 rings (SSSR count). The van der Waals surface area contributed by atoms with E-state index in [9.17, 15) is 0 Å². The second-order valence-corrected chi connectivity index (χ2v) is 14.0. The molecule has 0 heterocycles. The minimum absolute atomic E-state index is 0.618. The quantitative estimate of drug-likeness (QED) is 0.454. The Kier molecular flexibility index (Phi) is 9.41. The molecule has 0 N–H and O–H groups in total. The zero-order valence-corrected chi connectivity index (χ0v) is 18.3. The summed E-state index contributed by atoms with van der Waals surface area (Å²) in [6, 6.07) is 0. The standard InChI is InChI=1S/C22H42OSi/c1-18(2)24(19(3)4,20(5)6)23-22-17-15-13-11-9-8-10-12-14-16-21(22)7/h17-20H,7-16H2,1-6H3/b22-17+. The zero-order valence-electron chi connectivity index (χ0n) is 17.3. The lowest BCUT2D eigenvalue weighted by molar-refractivity contribution is 0.373. The van der Waals surface area contributed by atoms with Crippen molar-refractivity contribution in [2.24, 2.45) is 0 Å². The SMILES string of the molecule is C=C1CCCCCCCCC/C=C\1O[Si](C(C)C)(C(C)C)C(C)C. The van der Waals surface area contributed by atoms with Crippen LogP contribution in [0.5, 0.6) is 0 Å². The Balaban J connectivity index is 3.03. The van der Waals surface area contributed by atoms with Crippen molar-refractivity contribution in [3.63, 3.8) is 0 Å². The molecule has 0 radical (unpaired) electrons. The normalized spacial score (nSPS) is 21.4. The third kappa shape index (κ3) is 5.79. The Morgan fingerprint density at radius 3 is 1.75 bits per heavy atom. The molecule has 24 heavy (non-hydrogen) atoms. The maximum Gasteiger partial charge on any atom is 0.258 e. The highest BCUT2D eigenvalue weighted by molar-refractivity contribution is 6.77. The molecule has 0 aliphatic heterocycles. The summed E-state index contributed by atoms with van der Waals surface area (Å²) < 4.78 is 6.98. The van der Waals surface area contributed by atoms with Gasteiger partial charge in [0.05, 0.1) is 0 Å². The molecule has 0 aromatic rings. The molecule has 2 heteroatoms. The lowest BCUT2D eigenvalue weighted by Crippen LogP contribution is -2.47. The topological polar surface area (TPSA) is 9.23 Å². The van der Waals surface area contributed by atoms with Crippen LogP contribution < -0.4 is 0 Å². The lowest BCUT2D eigenvalue weighted by atomic mass is 10.0. The van der Waals surface area contributed by atoms with Crippen molar-refractivity contribution >= 4 is 8.32 Å². The van der Waals surface area contributed by atoms with E-state index in [0.29, 0.717) is 16.6 Å². The van der Waals surface area contributed by atoms with Crippen LogP contribution in [0.4, 0.5) is 0 Å². The fourth-order valence-corrected chi connectivity index (χ4v) is 9.84. The van der Waals surface area contributed by atoms with Crippen molar-refractivity contribution in [1.29, 1.82) is 0 Å². The maximum absolute atomic E-state index is 6.98. The summed E-state index contributed by atoms with van der Waals surface area (Å²) in [6.07, 6.45) is 14.1. The summed E-state index contributed by atoms with van der Waals surface area (Å²) in [4.78, 5) is 0. The molecule has 0 fully saturated rings. The molecule has 0 aromatic carbocycles. The van der Waals surface area contributed by atoms with Gasteiger partial charge in [0.25, 0.3) is 8.32 Å². The minimum Gasteiger partial charge on any atom is -0.543 e. The average molecular weight is 351 g/mol. The Bertz CT molecular complexity index is 384. The predicted octanol–water partition coefficient (Wildman–Crippen LogP) is 8.14. The van der Waals surface area contributed by atoms with Crippen molar-refractivity contribution in [3.8, 4) is 0 Å². The van der Waals surface area contributed by atoms with Gasteiger partial charge >= 0.3 is 0 Å². The molecule has 0 atom stereocenters. The smallest absolute Gasteiger partial charge is 0.258 e. The van der Waals surface area contributed by atoms with E-state index >= 15 is 0 Å². The molecule has 0 bridgehead atoms. The van der Waals surface area contributed by atoms with Crippen molar-refractivity contribution in [1.82, 2.24) is 0 Å². The van der Waals surface area contributed by atoms with E-state index in [2.05, 4.69) is 54.2 Å². The monoisotopic (exact) mass is 350 g/mol. The van der Waals surface area contributed by atoms with Gasteiger partial charge in [-0.05, 0) is 54.0 Å². The van der Waals surface area contributed by atoms with Crippen LogP contribution in [0.2, 0.25) is 16.6 Å². The van der Waals surface area contributed by atoms with Gasteiger partial charge in [-0.15, -0.1) is 0 Å². The largest absolute Gasteiger partial charge is 0.543 e. The van der Waals surface area contributed by atoms with E-state index in [4.69, 9.17) is 4.43 Å². The summed E-state index contributed by atoms with van der Waals surface area (Å²) in [5.41, 5.74) is 3.10. The van der Waals surface area contributed by atoms with Gasteiger partial charge in [0.15, 0.2) is 0 Å². The number of hydrogen-bond acceptors (Lipinski definition) is 1. The van der Waals surface area contributed by atoms with E-state index in [-0.39, 0.29) is 0 Å². The molecule has 1 nitrogen and oxygen atoms in total. The maximum atomic E-state index is 6.98. The van der Waals surface area contributed by atoms with Crippen molar-refractivity contribution < 1.29 is 4.43 Å². The molecule has 0 unspecified atom stereocenters. The fraction of sp³-hybridized carbons (Fsp3) is 0.818. The third-order valence-corrected chi connectivity index (χ3v) is 11.8. The van der Waals surface area contributed by atoms with E-state index in [0.717, 1.165) is 18.6 Å². The second-order valence-electron chi connectivity index (χ2n) is 8.61. The Morgan fingerprint density at radius 1 is 0.792 bits per heavy atom. The first-order valence-electron chi connectivity index (χ1n) is 10.4. The van der Waals surface area contributed by atoms with Gasteiger partial charge in [-0.2, -0.15) is 0 Å². The molecular weight excluding hydrogens is 308 g/mol. The van der Waals surface area contributed by atoms with E-state index in [1.807, 2.05) is 0 Å². The summed E-state index contributed by atoms with van der Waals surface area (Å²) in [5.74, 6) is 1.15. The minimum atomic E-state index is -1.88. The summed E-state index contributed by atoms with van der Waals surface area (Å²) >= 11 is 0. The summed E-state index contributed by atoms with van der Waals surface area (Å²) in [6.45, 7) is 18.6. The summed E-state index contributed by atoms with van der Waals surface area (Å²) in [7, 11) is -1.88. The van der Waals surface area contributed by atoms with Crippen LogP contribution >= 0.6 is 0 Å². The van der Waals surface area contributed by atoms with E-state index in [1.165, 1.54) is 50.5 Å². The first kappa shape index (κ1) is 21.5. The third-order valence-electron chi connectivity index (χ3n) is 5.85. The zero-order chi connectivity index (χ0) is 18.2. The Hall–Kier alpha value is -0.503. The highest BCUT2D eigenvalue weighted by Gasteiger charge is 2.47. The highest BCUT2D eigenvalue weighted by atomic mass is 28.4. The lowest BCUT2D eigenvalue weighted by Gasteiger charge is -2.43. The highest BCUT2D eigenvalue weighted by Crippen LogP contribution is 2.44. The van der Waals surface area contributed by atoms with Crippen molar-refractivity contribution in [3.05, 3.63) is 24.0 Å². The molecule has 1 aliphatic rings. The summed E-state index contributed by atoms with van der Waals surface area (Å²) in [5, 5.41) is 0. The first-order valence-corrected chi connectivity index (χ1v) is 12.5. The van der Waals surface area contributed by atoms with Crippen LogP contribution in [-0.4, -0.2) is 8.32 Å².